The molecule has 0 saturated heterocycles. The topological polar surface area (TPSA) is 82.0 Å². The molecule has 2 aliphatic heterocycles. The molecule has 0 radical (unpaired) electrons. The average molecular weight is 456 g/mol. The third-order valence-corrected chi connectivity index (χ3v) is 6.76. The van der Waals surface area contributed by atoms with Crippen LogP contribution in [0.5, 0.6) is 0 Å². The lowest BCUT2D eigenvalue weighted by molar-refractivity contribution is 0.0254. The minimum absolute atomic E-state index is 0.296. The molecular weight excluding hydrogens is 437 g/mol. The lowest BCUT2D eigenvalue weighted by Gasteiger charge is -2.06. The van der Waals surface area contributed by atoms with Crippen LogP contribution in [0.1, 0.15) is 35.0 Å². The van der Waals surface area contributed by atoms with Crippen molar-refractivity contribution in [1.82, 2.24) is 15.0 Å². The summed E-state index contributed by atoms with van der Waals surface area (Å²) in [5, 5.41) is 21.0. The van der Waals surface area contributed by atoms with E-state index in [1.165, 1.54) is 23.5 Å². The Bertz CT molecular complexity index is 1570. The molecule has 5 heterocycles. The minimum Gasteiger partial charge on any atom is -0.384 e. The van der Waals surface area contributed by atoms with Crippen LogP contribution in [-0.2, 0) is 0 Å². The van der Waals surface area contributed by atoms with Crippen molar-refractivity contribution < 1.29 is 14.6 Å². The van der Waals surface area contributed by atoms with E-state index in [0.717, 1.165) is 42.9 Å². The van der Waals surface area contributed by atoms with E-state index >= 15 is 0 Å². The van der Waals surface area contributed by atoms with Crippen LogP contribution in [0, 0.1) is 5.82 Å². The number of aromatic amines is 1. The fraction of sp³-hybridized carbons (Fsp3) is 0.0769. The lowest BCUT2D eigenvalue weighted by Crippen LogP contribution is -2.02. The van der Waals surface area contributed by atoms with Gasteiger partial charge in [0.1, 0.15) is 18.0 Å². The summed E-state index contributed by atoms with van der Waals surface area (Å²) in [6, 6.07) is 19.6. The molecule has 8 bridgehead atoms. The van der Waals surface area contributed by atoms with E-state index in [2.05, 4.69) is 9.97 Å². The molecule has 0 spiro atoms. The molecule has 2 atom stereocenters. The van der Waals surface area contributed by atoms with E-state index in [-0.39, 0.29) is 5.82 Å². The molecule has 3 N–H and O–H groups in total. The van der Waals surface area contributed by atoms with Crippen molar-refractivity contribution in [3.05, 3.63) is 95.3 Å². The third-order valence-electron chi connectivity index (χ3n) is 5.72. The fourth-order valence-corrected chi connectivity index (χ4v) is 5.13. The second-order valence-electron chi connectivity index (χ2n) is 7.99. The van der Waals surface area contributed by atoms with Crippen molar-refractivity contribution in [2.75, 3.05) is 0 Å². The molecule has 2 aliphatic rings. The quantitative estimate of drug-likeness (QED) is 0.299. The summed E-state index contributed by atoms with van der Waals surface area (Å²) < 4.78 is 15.4. The number of hydrogen-bond donors (Lipinski definition) is 3. The monoisotopic (exact) mass is 455 g/mol. The Balaban J connectivity index is 1.71. The van der Waals surface area contributed by atoms with E-state index in [9.17, 15) is 14.6 Å². The Morgan fingerprint density at radius 3 is 2.30 bits per heavy atom. The predicted molar refractivity (Wildman–Crippen MR) is 129 cm³/mol. The molecule has 2 unspecified atom stereocenters. The summed E-state index contributed by atoms with van der Waals surface area (Å²) in [5.74, 6) is -0.296. The largest absolute Gasteiger partial charge is 0.384 e. The zero-order chi connectivity index (χ0) is 22.5. The molecule has 0 saturated carbocycles. The molecule has 7 heteroatoms. The van der Waals surface area contributed by atoms with Crippen LogP contribution in [0.4, 0.5) is 4.39 Å². The Morgan fingerprint density at radius 2 is 1.52 bits per heavy atom. The molecule has 5 nitrogen and oxygen atoms in total. The van der Waals surface area contributed by atoms with Gasteiger partial charge in [0.05, 0.1) is 22.8 Å². The number of aliphatic hydroxyl groups excluding tert-OH is 2. The zero-order valence-corrected chi connectivity index (χ0v) is 18.1. The molecule has 6 rings (SSSR count). The number of thiophene rings is 1. The molecule has 0 fully saturated rings. The number of aliphatic hydroxyl groups is 2. The van der Waals surface area contributed by atoms with Gasteiger partial charge in [-0.3, -0.25) is 4.98 Å². The number of nitrogens with zero attached hydrogens (tertiary/aromatic N) is 2. The number of halogens is 1. The molecule has 33 heavy (non-hydrogen) atoms. The highest BCUT2D eigenvalue weighted by atomic mass is 32.1. The van der Waals surface area contributed by atoms with Crippen LogP contribution in [0.15, 0.2) is 66.7 Å². The third kappa shape index (κ3) is 3.66. The maximum Gasteiger partial charge on any atom is 0.127 e. The van der Waals surface area contributed by atoms with Crippen molar-refractivity contribution in [3.63, 3.8) is 0 Å². The van der Waals surface area contributed by atoms with Crippen molar-refractivity contribution >= 4 is 43.9 Å². The van der Waals surface area contributed by atoms with Crippen LogP contribution < -0.4 is 0 Å². The van der Waals surface area contributed by atoms with Crippen LogP contribution in [-0.4, -0.2) is 25.2 Å². The molecule has 3 aromatic heterocycles. The van der Waals surface area contributed by atoms with Gasteiger partial charge in [-0.15, -0.1) is 11.3 Å². The van der Waals surface area contributed by atoms with Gasteiger partial charge >= 0.3 is 0 Å². The summed E-state index contributed by atoms with van der Waals surface area (Å²) in [7, 11) is 0. The van der Waals surface area contributed by atoms with Gasteiger partial charge in [0.25, 0.3) is 0 Å². The average Bonchev–Trinajstić information content (AvgIpc) is 3.59. The first kappa shape index (κ1) is 20.0. The van der Waals surface area contributed by atoms with Crippen LogP contribution in [0.25, 0.3) is 43.7 Å². The number of aromatic nitrogens is 3. The summed E-state index contributed by atoms with van der Waals surface area (Å²) >= 11 is 1.52. The lowest BCUT2D eigenvalue weighted by atomic mass is 10.0. The number of hydrogen-bond acceptors (Lipinski definition) is 5. The highest BCUT2D eigenvalue weighted by Crippen LogP contribution is 2.36. The molecule has 162 valence electrons. The standard InChI is InChI=1S/C26H18FN3O2S/c27-15-3-1-14(2-4-15)24-20-9-7-17(29-20)11-16-5-6-18(28-16)12-21-25(31)26(32)22(30-21)13-19-8-10-23(24)33-19/h1-13,25-26,28,31-32H. The van der Waals surface area contributed by atoms with E-state index in [1.54, 1.807) is 24.3 Å². The number of fused-ring (bicyclic) bond motifs is 8. The summed E-state index contributed by atoms with van der Waals surface area (Å²) in [5.41, 5.74) is 5.76. The van der Waals surface area contributed by atoms with Crippen molar-refractivity contribution in [2.24, 2.45) is 0 Å². The maximum atomic E-state index is 13.6. The highest BCUT2D eigenvalue weighted by Gasteiger charge is 2.28. The number of nitrogens with one attached hydrogen (secondary N) is 1. The minimum atomic E-state index is -1.10. The second-order valence-corrected chi connectivity index (χ2v) is 9.11. The van der Waals surface area contributed by atoms with Crippen molar-refractivity contribution in [3.8, 4) is 11.1 Å². The van der Waals surface area contributed by atoms with E-state index in [0.29, 0.717) is 11.4 Å². The van der Waals surface area contributed by atoms with Gasteiger partial charge in [-0.1, -0.05) is 12.1 Å². The van der Waals surface area contributed by atoms with Crippen LogP contribution in [0.2, 0.25) is 0 Å². The van der Waals surface area contributed by atoms with Gasteiger partial charge in [-0.2, -0.15) is 0 Å². The first-order valence-corrected chi connectivity index (χ1v) is 11.3. The fourth-order valence-electron chi connectivity index (χ4n) is 4.10. The van der Waals surface area contributed by atoms with E-state index < -0.39 is 12.2 Å². The zero-order valence-electron chi connectivity index (χ0n) is 17.2. The van der Waals surface area contributed by atoms with Gasteiger partial charge in [0.2, 0.25) is 0 Å². The van der Waals surface area contributed by atoms with Crippen molar-refractivity contribution in [1.29, 1.82) is 0 Å². The molecular formula is C26H18FN3O2S. The smallest absolute Gasteiger partial charge is 0.127 e. The predicted octanol–water partition coefficient (Wildman–Crippen LogP) is 5.79. The maximum absolute atomic E-state index is 13.6. The van der Waals surface area contributed by atoms with Gasteiger partial charge < -0.3 is 15.2 Å². The number of rotatable bonds is 1. The number of benzene rings is 1. The Labute approximate surface area is 192 Å². The van der Waals surface area contributed by atoms with Gasteiger partial charge in [0, 0.05) is 26.0 Å². The first-order chi connectivity index (χ1) is 16.0. The molecule has 0 amide bonds. The molecule has 0 aliphatic carbocycles. The number of H-pyrrole nitrogens is 1. The summed E-state index contributed by atoms with van der Waals surface area (Å²) in [6.07, 6.45) is 1.72. The van der Waals surface area contributed by atoms with Gasteiger partial charge in [0.15, 0.2) is 0 Å². The van der Waals surface area contributed by atoms with Gasteiger partial charge in [-0.25, -0.2) is 9.37 Å². The van der Waals surface area contributed by atoms with Crippen LogP contribution in [0.3, 0.4) is 0 Å². The van der Waals surface area contributed by atoms with E-state index in [1.807, 2.05) is 42.5 Å². The van der Waals surface area contributed by atoms with Crippen molar-refractivity contribution in [2.45, 2.75) is 12.2 Å². The molecule has 4 aromatic rings. The Kier molecular flexibility index (Phi) is 4.69. The normalized spacial score (nSPS) is 17.4. The van der Waals surface area contributed by atoms with Crippen LogP contribution >= 0.6 is 11.3 Å². The molecule has 1 aromatic carbocycles. The highest BCUT2D eigenvalue weighted by molar-refractivity contribution is 7.23. The Morgan fingerprint density at radius 1 is 0.788 bits per heavy atom. The SMILES string of the molecule is OC1c2cc3ccc(cc4nc(c(-c5ccc(F)cc5)c5ccc(cc(n2)C1O)s5)C=C4)[nH]3. The Hall–Kier alpha value is -3.65. The second kappa shape index (κ2) is 7.74. The summed E-state index contributed by atoms with van der Waals surface area (Å²) in [4.78, 5) is 12.6. The summed E-state index contributed by atoms with van der Waals surface area (Å²) in [6.45, 7) is 0. The first-order valence-electron chi connectivity index (χ1n) is 10.5. The van der Waals surface area contributed by atoms with E-state index in [4.69, 9.17) is 4.98 Å². The van der Waals surface area contributed by atoms with Gasteiger partial charge in [-0.05, 0) is 72.3 Å².